The Morgan fingerprint density at radius 1 is 1.62 bits per heavy atom. The Bertz CT molecular complexity index is 267. The topological polar surface area (TPSA) is 114 Å². The maximum Gasteiger partial charge on any atom is 0.427 e. The standard InChI is InChI=1S/C9H17N3O4/c1-6(7(13)5-8(10)14)3-4-11-12-9(15)16-2/h4,6-7,13H,3,5H2,1-2H3,(H2,10,14)(H,12,15)/b11-4+/t6-,7+/m1/s1. The van der Waals surface area contributed by atoms with Crippen molar-refractivity contribution < 1.29 is 19.4 Å². The molecule has 0 saturated heterocycles. The first-order valence-electron chi connectivity index (χ1n) is 4.79. The lowest BCUT2D eigenvalue weighted by molar-refractivity contribution is -0.120. The lowest BCUT2D eigenvalue weighted by atomic mass is 9.99. The van der Waals surface area contributed by atoms with E-state index in [1.165, 1.54) is 13.3 Å². The highest BCUT2D eigenvalue weighted by Gasteiger charge is 2.15. The van der Waals surface area contributed by atoms with Crippen LogP contribution in [0.2, 0.25) is 0 Å². The number of primary amides is 1. The molecule has 7 nitrogen and oxygen atoms in total. The zero-order valence-corrected chi connectivity index (χ0v) is 9.34. The zero-order valence-electron chi connectivity index (χ0n) is 9.34. The molecule has 0 aliphatic rings. The Morgan fingerprint density at radius 3 is 2.75 bits per heavy atom. The van der Waals surface area contributed by atoms with Gasteiger partial charge >= 0.3 is 6.09 Å². The Labute approximate surface area is 93.6 Å². The summed E-state index contributed by atoms with van der Waals surface area (Å²) in [7, 11) is 1.23. The number of nitrogens with zero attached hydrogens (tertiary/aromatic N) is 1. The summed E-state index contributed by atoms with van der Waals surface area (Å²) in [6.07, 6.45) is 0.285. The van der Waals surface area contributed by atoms with E-state index in [1.54, 1.807) is 6.92 Å². The van der Waals surface area contributed by atoms with E-state index < -0.39 is 18.1 Å². The maximum atomic E-state index is 10.6. The van der Waals surface area contributed by atoms with Crippen molar-refractivity contribution in [3.63, 3.8) is 0 Å². The van der Waals surface area contributed by atoms with E-state index in [9.17, 15) is 14.7 Å². The van der Waals surface area contributed by atoms with Crippen molar-refractivity contribution in [2.45, 2.75) is 25.9 Å². The van der Waals surface area contributed by atoms with Crippen molar-refractivity contribution in [1.82, 2.24) is 5.43 Å². The Kier molecular flexibility index (Phi) is 6.86. The van der Waals surface area contributed by atoms with Crippen LogP contribution in [0, 0.1) is 5.92 Å². The molecular formula is C9H17N3O4. The van der Waals surface area contributed by atoms with E-state index in [4.69, 9.17) is 5.73 Å². The third-order valence-electron chi connectivity index (χ3n) is 1.98. The van der Waals surface area contributed by atoms with Crippen molar-refractivity contribution in [1.29, 1.82) is 0 Å². The molecule has 0 aromatic heterocycles. The number of aliphatic hydroxyl groups is 1. The molecule has 0 saturated carbocycles. The molecule has 2 atom stereocenters. The number of hydrogen-bond donors (Lipinski definition) is 3. The van der Waals surface area contributed by atoms with Crippen LogP contribution in [0.25, 0.3) is 0 Å². The number of hydrazone groups is 1. The minimum atomic E-state index is -0.804. The van der Waals surface area contributed by atoms with E-state index in [1.807, 2.05) is 0 Å². The maximum absolute atomic E-state index is 10.6. The predicted molar refractivity (Wildman–Crippen MR) is 57.6 cm³/mol. The van der Waals surface area contributed by atoms with E-state index in [2.05, 4.69) is 15.3 Å². The molecule has 0 bridgehead atoms. The summed E-state index contributed by atoms with van der Waals surface area (Å²) < 4.78 is 4.28. The number of ether oxygens (including phenoxy) is 1. The zero-order chi connectivity index (χ0) is 12.6. The van der Waals surface area contributed by atoms with Crippen molar-refractivity contribution in [2.24, 2.45) is 16.8 Å². The van der Waals surface area contributed by atoms with Crippen LogP contribution in [0.3, 0.4) is 0 Å². The summed E-state index contributed by atoms with van der Waals surface area (Å²) in [6, 6.07) is 0. The van der Waals surface area contributed by atoms with Crippen LogP contribution < -0.4 is 11.2 Å². The van der Waals surface area contributed by atoms with Gasteiger partial charge in [0, 0.05) is 6.21 Å². The number of amides is 2. The summed E-state index contributed by atoms with van der Waals surface area (Å²) >= 11 is 0. The van der Waals surface area contributed by atoms with Gasteiger partial charge in [0.15, 0.2) is 0 Å². The van der Waals surface area contributed by atoms with Crippen LogP contribution in [-0.4, -0.2) is 36.5 Å². The molecule has 0 aromatic rings. The van der Waals surface area contributed by atoms with Crippen molar-refractivity contribution in [2.75, 3.05) is 7.11 Å². The minimum Gasteiger partial charge on any atom is -0.452 e. The number of rotatable bonds is 6. The van der Waals surface area contributed by atoms with Gasteiger partial charge in [0.05, 0.1) is 19.6 Å². The lowest BCUT2D eigenvalue weighted by Gasteiger charge is -2.14. The minimum absolute atomic E-state index is 0.0839. The number of carbonyl (C=O) groups is 2. The molecule has 0 aliphatic carbocycles. The normalized spacial score (nSPS) is 14.4. The first kappa shape index (κ1) is 14.4. The highest BCUT2D eigenvalue weighted by Crippen LogP contribution is 2.09. The smallest absolute Gasteiger partial charge is 0.427 e. The van der Waals surface area contributed by atoms with Gasteiger partial charge in [-0.3, -0.25) is 4.79 Å². The third kappa shape index (κ3) is 6.77. The van der Waals surface area contributed by atoms with Crippen molar-refractivity contribution in [3.8, 4) is 0 Å². The summed E-state index contributed by atoms with van der Waals surface area (Å²) in [4.78, 5) is 21.1. The predicted octanol–water partition coefficient (Wildman–Crippen LogP) is -0.409. The average molecular weight is 231 g/mol. The van der Waals surface area contributed by atoms with Crippen LogP contribution in [0.15, 0.2) is 5.10 Å². The number of methoxy groups -OCH3 is 1. The summed E-state index contributed by atoms with van der Waals surface area (Å²) in [5.74, 6) is -0.723. The molecule has 0 rings (SSSR count). The van der Waals surface area contributed by atoms with Crippen molar-refractivity contribution in [3.05, 3.63) is 0 Å². The number of nitrogens with two attached hydrogens (primary N) is 1. The quantitative estimate of drug-likeness (QED) is 0.426. The number of aliphatic hydroxyl groups excluding tert-OH is 1. The molecule has 0 aliphatic heterocycles. The Morgan fingerprint density at radius 2 is 2.25 bits per heavy atom. The molecule has 0 heterocycles. The fourth-order valence-corrected chi connectivity index (χ4v) is 0.927. The van der Waals surface area contributed by atoms with Gasteiger partial charge < -0.3 is 15.6 Å². The lowest BCUT2D eigenvalue weighted by Crippen LogP contribution is -2.26. The highest BCUT2D eigenvalue weighted by atomic mass is 16.5. The van der Waals surface area contributed by atoms with E-state index in [0.717, 1.165) is 0 Å². The Balaban J connectivity index is 3.83. The van der Waals surface area contributed by atoms with E-state index >= 15 is 0 Å². The van der Waals surface area contributed by atoms with Gasteiger partial charge in [-0.15, -0.1) is 0 Å². The van der Waals surface area contributed by atoms with Crippen LogP contribution in [0.5, 0.6) is 0 Å². The molecular weight excluding hydrogens is 214 g/mol. The van der Waals surface area contributed by atoms with Gasteiger partial charge in [-0.05, 0) is 12.3 Å². The van der Waals surface area contributed by atoms with Gasteiger partial charge in [0.25, 0.3) is 0 Å². The fraction of sp³-hybridized carbons (Fsp3) is 0.667. The molecule has 0 fully saturated rings. The molecule has 0 aromatic carbocycles. The molecule has 0 radical (unpaired) electrons. The summed E-state index contributed by atoms with van der Waals surface area (Å²) in [6.45, 7) is 1.75. The molecule has 0 spiro atoms. The second-order valence-electron chi connectivity index (χ2n) is 3.37. The monoisotopic (exact) mass is 231 g/mol. The number of carbonyl (C=O) groups excluding carboxylic acids is 2. The van der Waals surface area contributed by atoms with Gasteiger partial charge in [-0.2, -0.15) is 5.10 Å². The van der Waals surface area contributed by atoms with Gasteiger partial charge in [0.1, 0.15) is 0 Å². The van der Waals surface area contributed by atoms with Gasteiger partial charge in [-0.25, -0.2) is 10.2 Å². The second-order valence-corrected chi connectivity index (χ2v) is 3.37. The Hall–Kier alpha value is -1.63. The molecule has 16 heavy (non-hydrogen) atoms. The van der Waals surface area contributed by atoms with Crippen LogP contribution in [0.4, 0.5) is 4.79 Å². The molecule has 4 N–H and O–H groups in total. The number of hydrogen-bond acceptors (Lipinski definition) is 5. The van der Waals surface area contributed by atoms with E-state index in [0.29, 0.717) is 6.42 Å². The number of nitrogens with one attached hydrogen (secondary N) is 1. The van der Waals surface area contributed by atoms with Gasteiger partial charge in [0.2, 0.25) is 5.91 Å². The summed E-state index contributed by atoms with van der Waals surface area (Å²) in [5.41, 5.74) is 7.04. The average Bonchev–Trinajstić information content (AvgIpc) is 2.22. The SMILES string of the molecule is COC(=O)N/N=C/C[C@@H](C)[C@@H](O)CC(N)=O. The van der Waals surface area contributed by atoms with Crippen LogP contribution >= 0.6 is 0 Å². The van der Waals surface area contributed by atoms with Crippen LogP contribution in [-0.2, 0) is 9.53 Å². The molecule has 2 amide bonds. The van der Waals surface area contributed by atoms with Crippen LogP contribution in [0.1, 0.15) is 19.8 Å². The van der Waals surface area contributed by atoms with E-state index in [-0.39, 0.29) is 12.3 Å². The molecule has 0 unspecified atom stereocenters. The molecule has 92 valence electrons. The first-order valence-corrected chi connectivity index (χ1v) is 4.79. The highest BCUT2D eigenvalue weighted by molar-refractivity contribution is 5.74. The second kappa shape index (κ2) is 7.63. The third-order valence-corrected chi connectivity index (χ3v) is 1.98. The largest absolute Gasteiger partial charge is 0.452 e. The van der Waals surface area contributed by atoms with Crippen molar-refractivity contribution >= 4 is 18.2 Å². The fourth-order valence-electron chi connectivity index (χ4n) is 0.927. The summed E-state index contributed by atoms with van der Waals surface area (Å²) in [5, 5.41) is 13.0. The molecule has 7 heteroatoms. The van der Waals surface area contributed by atoms with Gasteiger partial charge in [-0.1, -0.05) is 6.92 Å². The first-order chi connectivity index (χ1) is 7.47.